The van der Waals surface area contributed by atoms with Gasteiger partial charge in [0, 0.05) is 23.8 Å². The Morgan fingerprint density at radius 3 is 2.92 bits per heavy atom. The summed E-state index contributed by atoms with van der Waals surface area (Å²) >= 11 is 0. The molecule has 6 nitrogen and oxygen atoms in total. The highest BCUT2D eigenvalue weighted by molar-refractivity contribution is 5.89. The minimum absolute atomic E-state index is 0.177. The molecule has 1 aliphatic rings. The van der Waals surface area contributed by atoms with Gasteiger partial charge in [0.25, 0.3) is 0 Å². The van der Waals surface area contributed by atoms with Crippen molar-refractivity contribution in [3.63, 3.8) is 0 Å². The van der Waals surface area contributed by atoms with E-state index in [2.05, 4.69) is 27.4 Å². The fourth-order valence-electron chi connectivity index (χ4n) is 3.42. The first-order valence-electron chi connectivity index (χ1n) is 9.40. The molecule has 1 aliphatic heterocycles. The number of likely N-dealkylation sites (tertiary alicyclic amines) is 1. The third kappa shape index (κ3) is 4.43. The van der Waals surface area contributed by atoms with Crippen molar-refractivity contribution in [2.75, 3.05) is 25.0 Å². The van der Waals surface area contributed by atoms with Crippen LogP contribution < -0.4 is 10.6 Å². The summed E-state index contributed by atoms with van der Waals surface area (Å²) in [5.74, 6) is 1.38. The molecule has 2 amide bonds. The minimum Gasteiger partial charge on any atom is -0.441 e. The number of likely N-dealkylation sites (N-methyl/N-ethyl adjacent to an activating group) is 1. The maximum atomic E-state index is 12.3. The molecule has 0 unspecified atom stereocenters. The largest absolute Gasteiger partial charge is 0.441 e. The average Bonchev–Trinajstić information content (AvgIpc) is 2.99. The summed E-state index contributed by atoms with van der Waals surface area (Å²) in [6, 6.07) is 7.82. The van der Waals surface area contributed by atoms with Crippen LogP contribution in [0.3, 0.4) is 0 Å². The topological polar surface area (TPSA) is 70.4 Å². The number of oxazole rings is 1. The van der Waals surface area contributed by atoms with Gasteiger partial charge in [-0.15, -0.1) is 0 Å². The lowest BCUT2D eigenvalue weighted by molar-refractivity contribution is 0.154. The monoisotopic (exact) mass is 356 g/mol. The second-order valence-corrected chi connectivity index (χ2v) is 6.85. The molecule has 140 valence electrons. The van der Waals surface area contributed by atoms with E-state index in [1.54, 1.807) is 0 Å². The summed E-state index contributed by atoms with van der Waals surface area (Å²) in [4.78, 5) is 19.1. The molecule has 1 aromatic heterocycles. The molecule has 6 heteroatoms. The number of rotatable bonds is 5. The Labute approximate surface area is 155 Å². The Bertz CT molecular complexity index is 737. The van der Waals surface area contributed by atoms with Crippen molar-refractivity contribution in [2.24, 2.45) is 0 Å². The molecule has 3 rings (SSSR count). The van der Waals surface area contributed by atoms with Crippen molar-refractivity contribution in [3.05, 3.63) is 35.7 Å². The van der Waals surface area contributed by atoms with Gasteiger partial charge >= 0.3 is 6.03 Å². The number of hydrogen-bond donors (Lipinski definition) is 2. The van der Waals surface area contributed by atoms with Crippen LogP contribution in [0.25, 0.3) is 11.5 Å². The molecule has 2 heterocycles. The van der Waals surface area contributed by atoms with E-state index in [1.165, 1.54) is 12.8 Å². The summed E-state index contributed by atoms with van der Waals surface area (Å²) in [5.41, 5.74) is 2.46. The van der Waals surface area contributed by atoms with Gasteiger partial charge in [-0.25, -0.2) is 9.78 Å². The van der Waals surface area contributed by atoms with Crippen molar-refractivity contribution < 1.29 is 9.21 Å². The normalized spacial score (nSPS) is 17.9. The number of carbonyl (C=O) groups excluding carboxylic acids is 1. The standard InChI is InChI=1S/C20H28N4O2/c1-4-24-11-6-5-10-18(24)13-21-20(25)23-17-9-7-8-16(12-17)19-22-14(2)15(3)26-19/h7-9,12,18H,4-6,10-11,13H2,1-3H3,(H2,21,23,25)/t18-/m1/s1. The van der Waals surface area contributed by atoms with Gasteiger partial charge in [-0.2, -0.15) is 0 Å². The zero-order valence-electron chi connectivity index (χ0n) is 15.8. The molecule has 1 atom stereocenters. The Morgan fingerprint density at radius 2 is 2.19 bits per heavy atom. The van der Waals surface area contributed by atoms with Crippen molar-refractivity contribution in [1.82, 2.24) is 15.2 Å². The van der Waals surface area contributed by atoms with Gasteiger partial charge in [-0.3, -0.25) is 4.90 Å². The zero-order valence-corrected chi connectivity index (χ0v) is 15.8. The first-order valence-corrected chi connectivity index (χ1v) is 9.40. The minimum atomic E-state index is -0.177. The molecule has 26 heavy (non-hydrogen) atoms. The number of hydrogen-bond acceptors (Lipinski definition) is 4. The summed E-state index contributed by atoms with van der Waals surface area (Å²) in [7, 11) is 0. The summed E-state index contributed by atoms with van der Waals surface area (Å²) in [5, 5.41) is 5.91. The molecule has 2 N–H and O–H groups in total. The second kappa shape index (κ2) is 8.36. The van der Waals surface area contributed by atoms with E-state index < -0.39 is 0 Å². The van der Waals surface area contributed by atoms with Crippen molar-refractivity contribution in [3.8, 4) is 11.5 Å². The molecule has 1 fully saturated rings. The van der Waals surface area contributed by atoms with Gasteiger partial charge in [-0.1, -0.05) is 19.4 Å². The van der Waals surface area contributed by atoms with E-state index in [-0.39, 0.29) is 6.03 Å². The first-order chi connectivity index (χ1) is 12.6. The van der Waals surface area contributed by atoms with Crippen LogP contribution in [0.4, 0.5) is 10.5 Å². The molecular formula is C20H28N4O2. The molecular weight excluding hydrogens is 328 g/mol. The van der Waals surface area contributed by atoms with Crippen LogP contribution in [0, 0.1) is 13.8 Å². The van der Waals surface area contributed by atoms with E-state index in [0.717, 1.165) is 42.2 Å². The van der Waals surface area contributed by atoms with Crippen LogP contribution in [-0.4, -0.2) is 41.6 Å². The Hall–Kier alpha value is -2.34. The van der Waals surface area contributed by atoms with Gasteiger partial charge < -0.3 is 15.1 Å². The molecule has 1 saturated heterocycles. The van der Waals surface area contributed by atoms with Gasteiger partial charge in [0.15, 0.2) is 0 Å². The number of piperidine rings is 1. The number of carbonyl (C=O) groups is 1. The van der Waals surface area contributed by atoms with Gasteiger partial charge in [0.2, 0.25) is 5.89 Å². The second-order valence-electron chi connectivity index (χ2n) is 6.85. The third-order valence-electron chi connectivity index (χ3n) is 5.05. The van der Waals surface area contributed by atoms with Crippen LogP contribution in [0.1, 0.15) is 37.6 Å². The van der Waals surface area contributed by atoms with Crippen LogP contribution in [0.2, 0.25) is 0 Å². The molecule has 0 radical (unpaired) electrons. The van der Waals surface area contributed by atoms with E-state index in [9.17, 15) is 4.79 Å². The van der Waals surface area contributed by atoms with Crippen LogP contribution in [0.15, 0.2) is 28.7 Å². The summed E-state index contributed by atoms with van der Waals surface area (Å²) in [6.45, 7) is 8.83. The fourth-order valence-corrected chi connectivity index (χ4v) is 3.42. The number of anilines is 1. The summed E-state index contributed by atoms with van der Waals surface area (Å²) < 4.78 is 5.67. The first kappa shape index (κ1) is 18.5. The highest BCUT2D eigenvalue weighted by Crippen LogP contribution is 2.24. The predicted molar refractivity (Wildman–Crippen MR) is 103 cm³/mol. The average molecular weight is 356 g/mol. The lowest BCUT2D eigenvalue weighted by Gasteiger charge is -2.34. The highest BCUT2D eigenvalue weighted by Gasteiger charge is 2.21. The fraction of sp³-hybridized carbons (Fsp3) is 0.500. The maximum Gasteiger partial charge on any atom is 0.319 e. The molecule has 0 bridgehead atoms. The number of nitrogens with zero attached hydrogens (tertiary/aromatic N) is 2. The number of aromatic nitrogens is 1. The molecule has 0 saturated carbocycles. The van der Waals surface area contributed by atoms with E-state index in [0.29, 0.717) is 18.5 Å². The smallest absolute Gasteiger partial charge is 0.319 e. The Kier molecular flexibility index (Phi) is 5.93. The van der Waals surface area contributed by atoms with Crippen LogP contribution in [-0.2, 0) is 0 Å². The summed E-state index contributed by atoms with van der Waals surface area (Å²) in [6.07, 6.45) is 3.64. The number of urea groups is 1. The SMILES string of the molecule is CCN1CCCC[C@@H]1CNC(=O)Nc1cccc(-c2nc(C)c(C)o2)c1. The van der Waals surface area contributed by atoms with E-state index >= 15 is 0 Å². The highest BCUT2D eigenvalue weighted by atomic mass is 16.4. The molecule has 0 spiro atoms. The van der Waals surface area contributed by atoms with E-state index in [1.807, 2.05) is 38.1 Å². The van der Waals surface area contributed by atoms with Gasteiger partial charge in [-0.05, 0) is 58.0 Å². The van der Waals surface area contributed by atoms with Crippen molar-refractivity contribution in [1.29, 1.82) is 0 Å². The van der Waals surface area contributed by atoms with E-state index in [4.69, 9.17) is 4.42 Å². The predicted octanol–water partition coefficient (Wildman–Crippen LogP) is 3.95. The van der Waals surface area contributed by atoms with Crippen LogP contribution in [0.5, 0.6) is 0 Å². The third-order valence-corrected chi connectivity index (χ3v) is 5.05. The Morgan fingerprint density at radius 1 is 1.35 bits per heavy atom. The number of aryl methyl sites for hydroxylation is 2. The number of nitrogens with one attached hydrogen (secondary N) is 2. The maximum absolute atomic E-state index is 12.3. The molecule has 0 aliphatic carbocycles. The number of benzene rings is 1. The van der Waals surface area contributed by atoms with Crippen LogP contribution >= 0.6 is 0 Å². The van der Waals surface area contributed by atoms with Gasteiger partial charge in [0.05, 0.1) is 5.69 Å². The Balaban J connectivity index is 1.58. The molecule has 2 aromatic rings. The number of amides is 2. The quantitative estimate of drug-likeness (QED) is 0.851. The van der Waals surface area contributed by atoms with Crippen molar-refractivity contribution >= 4 is 11.7 Å². The lowest BCUT2D eigenvalue weighted by Crippen LogP contribution is -2.47. The molecule has 1 aromatic carbocycles. The zero-order chi connectivity index (χ0) is 18.5. The van der Waals surface area contributed by atoms with Crippen molar-refractivity contribution in [2.45, 2.75) is 46.1 Å². The lowest BCUT2D eigenvalue weighted by atomic mass is 10.0. The van der Waals surface area contributed by atoms with Gasteiger partial charge in [0.1, 0.15) is 5.76 Å².